The van der Waals surface area contributed by atoms with Crippen molar-refractivity contribution >= 4 is 33.8 Å². The van der Waals surface area contributed by atoms with Crippen LogP contribution in [0.5, 0.6) is 46.0 Å². The summed E-state index contributed by atoms with van der Waals surface area (Å²) in [7, 11) is 0. The quantitative estimate of drug-likeness (QED) is 0.0883. The summed E-state index contributed by atoms with van der Waals surface area (Å²) in [6.45, 7) is 4.08. The third-order valence-corrected chi connectivity index (χ3v) is 8.64. The normalized spacial score (nSPS) is 15.3. The van der Waals surface area contributed by atoms with Crippen molar-refractivity contribution in [2.75, 3.05) is 4.90 Å². The van der Waals surface area contributed by atoms with Gasteiger partial charge in [-0.15, -0.1) is 0 Å². The maximum atomic E-state index is 12.3. The molecule has 0 saturated carbocycles. The molecule has 5 aromatic carbocycles. The Morgan fingerprint density at radius 3 is 1.78 bits per heavy atom. The fraction of sp³-hybridized carbons (Fsp3) is 0.0270. The Kier molecular flexibility index (Phi) is 6.88. The smallest absolute Gasteiger partial charge is 0.206 e. The average Bonchev–Trinajstić information content (AvgIpc) is 3.49. The van der Waals surface area contributed by atoms with Crippen molar-refractivity contribution in [3.8, 4) is 62.8 Å². The number of phenols is 8. The van der Waals surface area contributed by atoms with Gasteiger partial charge in [-0.25, -0.2) is 0 Å². The first-order valence-electron chi connectivity index (χ1n) is 14.8. The lowest BCUT2D eigenvalue weighted by Gasteiger charge is -2.30. The molecule has 2 heterocycles. The van der Waals surface area contributed by atoms with E-state index in [1.54, 1.807) is 66.7 Å². The summed E-state index contributed by atoms with van der Waals surface area (Å²) >= 11 is 0. The Hall–Kier alpha value is -7.08. The van der Waals surface area contributed by atoms with Gasteiger partial charge < -0.3 is 60.5 Å². The molecule has 1 aliphatic heterocycles. The molecule has 7 rings (SSSR count). The van der Waals surface area contributed by atoms with Gasteiger partial charge in [-0.3, -0.25) is 0 Å². The molecule has 0 radical (unpaired) electrons. The van der Waals surface area contributed by atoms with Gasteiger partial charge in [0.1, 0.15) is 16.6 Å². The Bertz CT molecular complexity index is 2490. The van der Waals surface area contributed by atoms with Crippen molar-refractivity contribution in [1.82, 2.24) is 4.57 Å². The zero-order valence-electron chi connectivity index (χ0n) is 25.4. The molecular weight excluding hydrogens is 632 g/mol. The SMILES string of the molecule is C=C1/C(O)=c2\c(c3c(O)c(O)c(O)c(O)c3n2-c2ccccc2-c2ccccc2)=C(\O)Cc2c(O)c(O)c(O)c(O)c2N1c1ccccc1. The molecule has 12 nitrogen and oxygen atoms in total. The van der Waals surface area contributed by atoms with E-state index in [1.807, 2.05) is 18.2 Å². The van der Waals surface area contributed by atoms with E-state index < -0.39 is 69.3 Å². The maximum absolute atomic E-state index is 12.3. The van der Waals surface area contributed by atoms with Gasteiger partial charge in [0, 0.05) is 23.2 Å². The van der Waals surface area contributed by atoms with Gasteiger partial charge in [0.05, 0.1) is 27.7 Å². The van der Waals surface area contributed by atoms with E-state index in [-0.39, 0.29) is 44.4 Å². The van der Waals surface area contributed by atoms with Crippen molar-refractivity contribution in [3.05, 3.63) is 113 Å². The summed E-state index contributed by atoms with van der Waals surface area (Å²) in [5, 5.41) is 111. The minimum Gasteiger partial charge on any atom is -0.511 e. The van der Waals surface area contributed by atoms with Gasteiger partial charge >= 0.3 is 0 Å². The molecule has 0 saturated heterocycles. The van der Waals surface area contributed by atoms with Gasteiger partial charge in [-0.2, -0.15) is 0 Å². The number of anilines is 2. The molecule has 246 valence electrons. The molecule has 1 aliphatic rings. The van der Waals surface area contributed by atoms with Crippen LogP contribution in [0.4, 0.5) is 11.4 Å². The Morgan fingerprint density at radius 2 is 1.10 bits per heavy atom. The second kappa shape index (κ2) is 11.0. The minimum atomic E-state index is -1.12. The first-order chi connectivity index (χ1) is 23.5. The molecule has 0 aliphatic carbocycles. The third kappa shape index (κ3) is 4.31. The van der Waals surface area contributed by atoms with E-state index >= 15 is 0 Å². The van der Waals surface area contributed by atoms with Crippen LogP contribution in [0.3, 0.4) is 0 Å². The summed E-state index contributed by atoms with van der Waals surface area (Å²) < 4.78 is 1.27. The number of para-hydroxylation sites is 2. The zero-order valence-corrected chi connectivity index (χ0v) is 25.4. The largest absolute Gasteiger partial charge is 0.511 e. The molecule has 10 N–H and O–H groups in total. The number of hydrogen-bond donors (Lipinski definition) is 10. The Morgan fingerprint density at radius 1 is 0.551 bits per heavy atom. The fourth-order valence-electron chi connectivity index (χ4n) is 6.40. The van der Waals surface area contributed by atoms with E-state index in [4.69, 9.17) is 0 Å². The molecule has 0 amide bonds. The van der Waals surface area contributed by atoms with Gasteiger partial charge in [0.25, 0.3) is 0 Å². The topological polar surface area (TPSA) is 210 Å². The molecule has 12 heteroatoms. The summed E-state index contributed by atoms with van der Waals surface area (Å²) in [5.41, 5.74) is 0.409. The van der Waals surface area contributed by atoms with E-state index in [1.165, 1.54) is 9.47 Å². The monoisotopic (exact) mass is 660 g/mol. The molecule has 0 spiro atoms. The van der Waals surface area contributed by atoms with Crippen molar-refractivity contribution in [2.24, 2.45) is 0 Å². The van der Waals surface area contributed by atoms with E-state index in [0.29, 0.717) is 11.1 Å². The summed E-state index contributed by atoms with van der Waals surface area (Å²) in [4.78, 5) is 1.18. The highest BCUT2D eigenvalue weighted by Gasteiger charge is 2.35. The van der Waals surface area contributed by atoms with E-state index in [0.717, 1.165) is 0 Å². The van der Waals surface area contributed by atoms with Crippen LogP contribution < -0.4 is 15.5 Å². The predicted molar refractivity (Wildman–Crippen MR) is 181 cm³/mol. The Labute approximate surface area is 276 Å². The molecule has 0 fully saturated rings. The number of aromatic hydroxyl groups is 8. The summed E-state index contributed by atoms with van der Waals surface area (Å²) in [5.74, 6) is -9.54. The van der Waals surface area contributed by atoms with Crippen LogP contribution in [-0.2, 0) is 6.42 Å². The van der Waals surface area contributed by atoms with Crippen LogP contribution in [0.25, 0.3) is 39.2 Å². The van der Waals surface area contributed by atoms with E-state index in [9.17, 15) is 51.1 Å². The van der Waals surface area contributed by atoms with Crippen molar-refractivity contribution in [2.45, 2.75) is 6.42 Å². The molecule has 0 atom stereocenters. The molecule has 0 bridgehead atoms. The molecular formula is C37H28N2O10. The zero-order chi connectivity index (χ0) is 34.9. The first-order valence-corrected chi connectivity index (χ1v) is 14.8. The third-order valence-electron chi connectivity index (χ3n) is 8.64. The second-order valence-corrected chi connectivity index (χ2v) is 11.4. The van der Waals surface area contributed by atoms with Gasteiger partial charge in [-0.05, 0) is 23.8 Å². The number of aliphatic hydroxyl groups is 2. The molecule has 0 unspecified atom stereocenters. The molecule has 6 aromatic rings. The molecule has 1 aromatic heterocycles. The summed E-state index contributed by atoms with van der Waals surface area (Å²) in [6, 6.07) is 23.9. The van der Waals surface area contributed by atoms with Gasteiger partial charge in [-0.1, -0.05) is 73.3 Å². The lowest BCUT2D eigenvalue weighted by atomic mass is 10.0. The highest BCUT2D eigenvalue weighted by atomic mass is 16.4. The van der Waals surface area contributed by atoms with Gasteiger partial charge in [0.2, 0.25) is 23.0 Å². The van der Waals surface area contributed by atoms with Crippen LogP contribution >= 0.6 is 0 Å². The van der Waals surface area contributed by atoms with Crippen LogP contribution in [0.15, 0.2) is 97.2 Å². The van der Waals surface area contributed by atoms with Crippen LogP contribution in [0, 0.1) is 0 Å². The van der Waals surface area contributed by atoms with Gasteiger partial charge in [0.15, 0.2) is 28.8 Å². The Balaban J connectivity index is 1.77. The van der Waals surface area contributed by atoms with Crippen LogP contribution in [0.1, 0.15) is 5.56 Å². The predicted octanol–water partition coefficient (Wildman–Crippen LogP) is 5.18. The lowest BCUT2D eigenvalue weighted by molar-refractivity contribution is 0.344. The number of phenolic OH excluding ortho intramolecular Hbond substituents is 8. The van der Waals surface area contributed by atoms with Crippen molar-refractivity contribution < 1.29 is 51.1 Å². The number of fused-ring (bicyclic) bond motifs is 4. The highest BCUT2D eigenvalue weighted by molar-refractivity contribution is 6.00. The number of benzene rings is 5. The number of aliphatic hydroxyl groups excluding tert-OH is 2. The number of hydrogen-bond acceptors (Lipinski definition) is 11. The number of nitrogens with zero attached hydrogens (tertiary/aromatic N) is 2. The first kappa shape index (κ1) is 30.6. The van der Waals surface area contributed by atoms with Crippen LogP contribution in [0.2, 0.25) is 0 Å². The fourth-order valence-corrected chi connectivity index (χ4v) is 6.40. The second-order valence-electron chi connectivity index (χ2n) is 11.4. The lowest BCUT2D eigenvalue weighted by Crippen LogP contribution is -2.35. The highest BCUT2D eigenvalue weighted by Crippen LogP contribution is 2.55. The standard InChI is InChI=1S/C37H28N2O10/c1-17-29(41)27-24(23(40)16-21-26(32(44)36(48)34(46)30(21)42)38(17)19-12-6-3-7-13-19)25-28(33(45)37(49)35(47)31(25)43)39(27)22-15-9-8-14-20(22)18-10-4-2-5-11-18/h2-15,40-49H,1,16H2/b24-23+,29-27-. The van der Waals surface area contributed by atoms with Crippen molar-refractivity contribution in [3.63, 3.8) is 0 Å². The maximum Gasteiger partial charge on any atom is 0.206 e. The minimum absolute atomic E-state index is 0.247. The average molecular weight is 661 g/mol. The van der Waals surface area contributed by atoms with Crippen LogP contribution in [-0.4, -0.2) is 55.6 Å². The molecule has 49 heavy (non-hydrogen) atoms. The number of rotatable bonds is 3. The van der Waals surface area contributed by atoms with E-state index in [2.05, 4.69) is 6.58 Å². The van der Waals surface area contributed by atoms with Crippen molar-refractivity contribution in [1.29, 1.82) is 0 Å². The number of aromatic nitrogens is 1. The summed E-state index contributed by atoms with van der Waals surface area (Å²) in [6.07, 6.45) is -0.721.